The van der Waals surface area contributed by atoms with E-state index in [1.54, 1.807) is 0 Å². The minimum Gasteiger partial charge on any atom is -0.481 e. The molecule has 1 aromatic carbocycles. The maximum absolute atomic E-state index is 12.4. The topological polar surface area (TPSA) is 71.4 Å². The number of alkyl halides is 1. The van der Waals surface area contributed by atoms with Gasteiger partial charge in [0.25, 0.3) is 0 Å². The molecular weight excluding hydrogens is 265 g/mol. The summed E-state index contributed by atoms with van der Waals surface area (Å²) >= 11 is 0. The Balaban J connectivity index is 0.000000399. The van der Waals surface area contributed by atoms with Gasteiger partial charge in [-0.15, -0.1) is 0 Å². The van der Waals surface area contributed by atoms with Crippen molar-refractivity contribution in [3.63, 3.8) is 0 Å². The standard InChI is InChI=1S/C8H5F3O.C4H6O3/c9-4-8(12)5-1-2-6(10)7(11)3-5;1-3(5)2-4(6)7/h1-3H,4H2;2H2,1H3,(H,6,7). The van der Waals surface area contributed by atoms with Crippen LogP contribution in [0.15, 0.2) is 18.2 Å². The Morgan fingerprint density at radius 2 is 1.74 bits per heavy atom. The van der Waals surface area contributed by atoms with Crippen molar-refractivity contribution < 1.29 is 32.7 Å². The van der Waals surface area contributed by atoms with Crippen LogP contribution in [-0.4, -0.2) is 29.3 Å². The summed E-state index contributed by atoms with van der Waals surface area (Å²) in [5.74, 6) is -4.42. The van der Waals surface area contributed by atoms with E-state index in [0.717, 1.165) is 12.1 Å². The summed E-state index contributed by atoms with van der Waals surface area (Å²) < 4.78 is 36.5. The molecule has 0 fully saturated rings. The molecule has 104 valence electrons. The van der Waals surface area contributed by atoms with Crippen molar-refractivity contribution in [2.24, 2.45) is 0 Å². The Bertz CT molecular complexity index is 474. The van der Waals surface area contributed by atoms with Crippen LogP contribution in [0.4, 0.5) is 13.2 Å². The number of carboxylic acids is 1. The quantitative estimate of drug-likeness (QED) is 0.675. The first-order valence-electron chi connectivity index (χ1n) is 5.03. The van der Waals surface area contributed by atoms with E-state index in [0.29, 0.717) is 6.07 Å². The van der Waals surface area contributed by atoms with E-state index in [9.17, 15) is 27.6 Å². The predicted octanol–water partition coefficient (Wildman–Crippen LogP) is 2.17. The van der Waals surface area contributed by atoms with Gasteiger partial charge in [0, 0.05) is 5.56 Å². The number of rotatable bonds is 4. The largest absolute Gasteiger partial charge is 0.481 e. The number of halogens is 3. The van der Waals surface area contributed by atoms with Gasteiger partial charge in [0.2, 0.25) is 0 Å². The molecule has 7 heteroatoms. The monoisotopic (exact) mass is 276 g/mol. The first kappa shape index (κ1) is 16.8. The van der Waals surface area contributed by atoms with Gasteiger partial charge in [-0.2, -0.15) is 0 Å². The minimum absolute atomic E-state index is 0.156. The molecule has 1 rings (SSSR count). The minimum atomic E-state index is -1.20. The van der Waals surface area contributed by atoms with E-state index < -0.39 is 30.1 Å². The Morgan fingerprint density at radius 1 is 1.16 bits per heavy atom. The molecule has 0 heterocycles. The highest BCUT2D eigenvalue weighted by atomic mass is 19.2. The Labute approximate surface area is 106 Å². The van der Waals surface area contributed by atoms with Crippen molar-refractivity contribution in [2.45, 2.75) is 13.3 Å². The zero-order valence-corrected chi connectivity index (χ0v) is 9.95. The van der Waals surface area contributed by atoms with Crippen LogP contribution in [0.2, 0.25) is 0 Å². The Hall–Kier alpha value is -2.18. The molecule has 4 nitrogen and oxygen atoms in total. The molecule has 0 unspecified atom stereocenters. The lowest BCUT2D eigenvalue weighted by atomic mass is 10.1. The molecule has 1 N–H and O–H groups in total. The maximum Gasteiger partial charge on any atom is 0.310 e. The van der Waals surface area contributed by atoms with Crippen molar-refractivity contribution in [3.8, 4) is 0 Å². The zero-order chi connectivity index (χ0) is 15.0. The highest BCUT2D eigenvalue weighted by Crippen LogP contribution is 2.09. The molecule has 0 saturated carbocycles. The number of benzene rings is 1. The normalized spacial score (nSPS) is 9.26. The summed E-state index contributed by atoms with van der Waals surface area (Å²) in [5.41, 5.74) is -0.156. The summed E-state index contributed by atoms with van der Waals surface area (Å²) in [5, 5.41) is 7.86. The molecule has 0 aromatic heterocycles. The van der Waals surface area contributed by atoms with Crippen molar-refractivity contribution in [3.05, 3.63) is 35.4 Å². The zero-order valence-electron chi connectivity index (χ0n) is 9.95. The van der Waals surface area contributed by atoms with Gasteiger partial charge in [-0.25, -0.2) is 13.2 Å². The van der Waals surface area contributed by atoms with Gasteiger partial charge in [-0.05, 0) is 25.1 Å². The van der Waals surface area contributed by atoms with E-state index in [-0.39, 0.29) is 17.8 Å². The molecule has 0 saturated heterocycles. The van der Waals surface area contributed by atoms with Crippen LogP contribution in [0.5, 0.6) is 0 Å². The highest BCUT2D eigenvalue weighted by molar-refractivity contribution is 5.96. The summed E-state index contributed by atoms with van der Waals surface area (Å²) in [6, 6.07) is 2.51. The number of carbonyl (C=O) groups is 3. The lowest BCUT2D eigenvalue weighted by Crippen LogP contribution is -2.01. The van der Waals surface area contributed by atoms with Crippen LogP contribution in [-0.2, 0) is 9.59 Å². The van der Waals surface area contributed by atoms with Crippen LogP contribution in [0.3, 0.4) is 0 Å². The molecule has 0 aliphatic carbocycles. The van der Waals surface area contributed by atoms with E-state index in [2.05, 4.69) is 0 Å². The van der Waals surface area contributed by atoms with Crippen LogP contribution < -0.4 is 0 Å². The van der Waals surface area contributed by atoms with Crippen LogP contribution in [0.1, 0.15) is 23.7 Å². The molecule has 0 amide bonds. The van der Waals surface area contributed by atoms with E-state index in [1.165, 1.54) is 6.92 Å². The second-order valence-electron chi connectivity index (χ2n) is 3.46. The number of carbonyl (C=O) groups excluding carboxylic acids is 2. The number of hydrogen-bond donors (Lipinski definition) is 1. The van der Waals surface area contributed by atoms with E-state index in [1.807, 2.05) is 0 Å². The van der Waals surface area contributed by atoms with Crippen LogP contribution in [0.25, 0.3) is 0 Å². The molecule has 0 bridgehead atoms. The second-order valence-corrected chi connectivity index (χ2v) is 3.46. The summed E-state index contributed by atoms with van der Waals surface area (Å²) in [4.78, 5) is 30.1. The first-order valence-corrected chi connectivity index (χ1v) is 5.03. The van der Waals surface area contributed by atoms with Gasteiger partial charge in [-0.1, -0.05) is 0 Å². The molecule has 0 radical (unpaired) electrons. The fraction of sp³-hybridized carbons (Fsp3) is 0.250. The molecular formula is C12H11F3O4. The summed E-state index contributed by atoms with van der Waals surface area (Å²) in [6.45, 7) is 0.0409. The molecule has 19 heavy (non-hydrogen) atoms. The van der Waals surface area contributed by atoms with Gasteiger partial charge in [-0.3, -0.25) is 14.4 Å². The van der Waals surface area contributed by atoms with E-state index >= 15 is 0 Å². The molecule has 1 aromatic rings. The fourth-order valence-electron chi connectivity index (χ4n) is 0.960. The summed E-state index contributed by atoms with van der Waals surface area (Å²) in [7, 11) is 0. The lowest BCUT2D eigenvalue weighted by molar-refractivity contribution is -0.139. The van der Waals surface area contributed by atoms with Gasteiger partial charge in [0.05, 0.1) is 0 Å². The highest BCUT2D eigenvalue weighted by Gasteiger charge is 2.08. The molecule has 0 spiro atoms. The third kappa shape index (κ3) is 6.97. The smallest absolute Gasteiger partial charge is 0.310 e. The van der Waals surface area contributed by atoms with Crippen LogP contribution in [0, 0.1) is 11.6 Å². The average molecular weight is 276 g/mol. The maximum atomic E-state index is 12.4. The predicted molar refractivity (Wildman–Crippen MR) is 59.6 cm³/mol. The SMILES string of the molecule is CC(=O)CC(=O)O.O=C(CF)c1ccc(F)c(F)c1. The number of hydrogen-bond acceptors (Lipinski definition) is 3. The number of aliphatic carboxylic acids is 1. The van der Waals surface area contributed by atoms with Gasteiger partial charge < -0.3 is 5.11 Å². The van der Waals surface area contributed by atoms with Crippen molar-refractivity contribution in [2.75, 3.05) is 6.67 Å². The number of Topliss-reactive ketones (excluding diaryl/α,β-unsaturated/α-hetero) is 2. The average Bonchev–Trinajstić information content (AvgIpc) is 2.30. The Kier molecular flexibility index (Phi) is 7.10. The van der Waals surface area contributed by atoms with E-state index in [4.69, 9.17) is 5.11 Å². The Morgan fingerprint density at radius 3 is 2.05 bits per heavy atom. The first-order chi connectivity index (χ1) is 8.77. The lowest BCUT2D eigenvalue weighted by Gasteiger charge is -1.96. The second kappa shape index (κ2) is 8.02. The van der Waals surface area contributed by atoms with Gasteiger partial charge >= 0.3 is 5.97 Å². The van der Waals surface area contributed by atoms with Crippen LogP contribution >= 0.6 is 0 Å². The molecule has 0 aliphatic rings. The van der Waals surface area contributed by atoms with Gasteiger partial charge in [0.15, 0.2) is 24.1 Å². The summed E-state index contributed by atoms with van der Waals surface area (Å²) in [6.07, 6.45) is -0.361. The van der Waals surface area contributed by atoms with Gasteiger partial charge in [0.1, 0.15) is 12.2 Å². The number of ketones is 2. The molecule has 0 atom stereocenters. The number of carboxylic acid groups (broad SMARTS) is 1. The van der Waals surface area contributed by atoms with Crippen molar-refractivity contribution in [1.29, 1.82) is 0 Å². The van der Waals surface area contributed by atoms with Crippen molar-refractivity contribution in [1.82, 2.24) is 0 Å². The fourth-order valence-corrected chi connectivity index (χ4v) is 0.960. The third-order valence-corrected chi connectivity index (χ3v) is 1.76. The molecule has 0 aliphatic heterocycles. The third-order valence-electron chi connectivity index (χ3n) is 1.76. The van der Waals surface area contributed by atoms with Crippen molar-refractivity contribution >= 4 is 17.5 Å².